The number of nitrogens with one attached hydrogen (secondary N) is 2. The van der Waals surface area contributed by atoms with Crippen LogP contribution in [0.3, 0.4) is 0 Å². The number of amides is 2. The minimum absolute atomic E-state index is 0.140. The second-order valence-corrected chi connectivity index (χ2v) is 6.71. The molecule has 2 aliphatic heterocycles. The summed E-state index contributed by atoms with van der Waals surface area (Å²) in [5.41, 5.74) is 2.66. The second-order valence-electron chi connectivity index (χ2n) is 6.71. The lowest BCUT2D eigenvalue weighted by atomic mass is 10.1. The van der Waals surface area contributed by atoms with Gasteiger partial charge in [0.05, 0.1) is 17.5 Å². The van der Waals surface area contributed by atoms with E-state index in [1.54, 1.807) is 0 Å². The fourth-order valence-electron chi connectivity index (χ4n) is 3.54. The van der Waals surface area contributed by atoms with Crippen molar-refractivity contribution in [2.45, 2.75) is 44.8 Å². The number of hydrogen-bond donors (Lipinski definition) is 2. The zero-order valence-electron chi connectivity index (χ0n) is 14.3. The monoisotopic (exact) mass is 340 g/mol. The van der Waals surface area contributed by atoms with Gasteiger partial charge in [0.15, 0.2) is 0 Å². The third-order valence-electron chi connectivity index (χ3n) is 4.87. The van der Waals surface area contributed by atoms with Crippen LogP contribution in [0.15, 0.2) is 30.5 Å². The highest BCUT2D eigenvalue weighted by Gasteiger charge is 2.18. The minimum Gasteiger partial charge on any atom is -0.376 e. The van der Waals surface area contributed by atoms with Gasteiger partial charge in [0.1, 0.15) is 5.82 Å². The molecule has 132 valence electrons. The van der Waals surface area contributed by atoms with Crippen molar-refractivity contribution in [2.75, 3.05) is 18.5 Å². The fourth-order valence-corrected chi connectivity index (χ4v) is 3.54. The van der Waals surface area contributed by atoms with Gasteiger partial charge in [0, 0.05) is 37.9 Å². The molecule has 2 aromatic rings. The Morgan fingerprint density at radius 1 is 1.28 bits per heavy atom. The van der Waals surface area contributed by atoms with Crippen LogP contribution in [0, 0.1) is 0 Å². The summed E-state index contributed by atoms with van der Waals surface area (Å²) in [4.78, 5) is 17.0. The van der Waals surface area contributed by atoms with Crippen LogP contribution in [0.5, 0.6) is 0 Å². The molecule has 0 bridgehead atoms. The van der Waals surface area contributed by atoms with Crippen molar-refractivity contribution in [3.05, 3.63) is 36.3 Å². The van der Waals surface area contributed by atoms with Gasteiger partial charge < -0.3 is 19.9 Å². The number of imidazole rings is 1. The molecule has 4 rings (SSSR count). The summed E-state index contributed by atoms with van der Waals surface area (Å²) in [6.45, 7) is 2.37. The number of aromatic nitrogens is 2. The van der Waals surface area contributed by atoms with Gasteiger partial charge in [0.25, 0.3) is 0 Å². The lowest BCUT2D eigenvalue weighted by Gasteiger charge is -2.13. The standard InChI is InChI=1S/C19H24N4O2/c24-19(20-12-14-6-5-11-25-14)22-16-8-2-1-7-15(16)17-13-23-10-4-3-9-18(23)21-17/h1-2,7-8,13-14H,3-6,9-12H2,(H2,20,22,24). The quantitative estimate of drug-likeness (QED) is 0.898. The highest BCUT2D eigenvalue weighted by Crippen LogP contribution is 2.28. The molecule has 0 aliphatic carbocycles. The first kappa shape index (κ1) is 16.1. The van der Waals surface area contributed by atoms with Gasteiger partial charge in [-0.3, -0.25) is 0 Å². The zero-order chi connectivity index (χ0) is 17.1. The van der Waals surface area contributed by atoms with Gasteiger partial charge in [-0.25, -0.2) is 9.78 Å². The van der Waals surface area contributed by atoms with E-state index in [0.717, 1.165) is 55.2 Å². The number of anilines is 1. The molecule has 0 spiro atoms. The first-order valence-corrected chi connectivity index (χ1v) is 9.11. The van der Waals surface area contributed by atoms with Gasteiger partial charge in [-0.15, -0.1) is 0 Å². The van der Waals surface area contributed by atoms with Crippen LogP contribution >= 0.6 is 0 Å². The molecule has 1 saturated heterocycles. The number of ether oxygens (including phenoxy) is 1. The molecular formula is C19H24N4O2. The Bertz CT molecular complexity index is 726. The van der Waals surface area contributed by atoms with Crippen molar-refractivity contribution in [1.29, 1.82) is 0 Å². The van der Waals surface area contributed by atoms with Crippen molar-refractivity contribution in [1.82, 2.24) is 14.9 Å². The summed E-state index contributed by atoms with van der Waals surface area (Å²) >= 11 is 0. The number of para-hydroxylation sites is 1. The van der Waals surface area contributed by atoms with Gasteiger partial charge in [-0.2, -0.15) is 0 Å². The number of nitrogens with zero attached hydrogens (tertiary/aromatic N) is 2. The van der Waals surface area contributed by atoms with Gasteiger partial charge in [-0.1, -0.05) is 18.2 Å². The molecule has 2 N–H and O–H groups in total. The summed E-state index contributed by atoms with van der Waals surface area (Å²) in [6, 6.07) is 7.62. The molecule has 0 radical (unpaired) electrons. The minimum atomic E-state index is -0.202. The summed E-state index contributed by atoms with van der Waals surface area (Å²) in [6.07, 6.45) is 7.74. The molecular weight excluding hydrogens is 316 g/mol. The molecule has 0 saturated carbocycles. The number of rotatable bonds is 4. The van der Waals surface area contributed by atoms with E-state index in [4.69, 9.17) is 9.72 Å². The third-order valence-corrected chi connectivity index (χ3v) is 4.87. The van der Waals surface area contributed by atoms with Crippen LogP contribution < -0.4 is 10.6 Å². The first-order valence-electron chi connectivity index (χ1n) is 9.11. The highest BCUT2D eigenvalue weighted by atomic mass is 16.5. The fraction of sp³-hybridized carbons (Fsp3) is 0.474. The maximum Gasteiger partial charge on any atom is 0.319 e. The normalized spacial score (nSPS) is 19.4. The van der Waals surface area contributed by atoms with Crippen molar-refractivity contribution in [3.8, 4) is 11.3 Å². The number of carbonyl (C=O) groups is 1. The van der Waals surface area contributed by atoms with E-state index >= 15 is 0 Å². The summed E-state index contributed by atoms with van der Waals surface area (Å²) in [7, 11) is 0. The maximum atomic E-state index is 12.2. The van der Waals surface area contributed by atoms with Crippen molar-refractivity contribution in [2.24, 2.45) is 0 Å². The van der Waals surface area contributed by atoms with E-state index in [0.29, 0.717) is 6.54 Å². The molecule has 1 unspecified atom stereocenters. The predicted molar refractivity (Wildman–Crippen MR) is 96.6 cm³/mol. The number of aryl methyl sites for hydroxylation is 2. The van der Waals surface area contributed by atoms with Crippen LogP contribution in [0.25, 0.3) is 11.3 Å². The number of carbonyl (C=O) groups excluding carboxylic acids is 1. The molecule has 1 aromatic carbocycles. The van der Waals surface area contributed by atoms with E-state index < -0.39 is 0 Å². The molecule has 1 fully saturated rings. The number of benzene rings is 1. The Labute approximate surface area is 147 Å². The van der Waals surface area contributed by atoms with Crippen molar-refractivity contribution in [3.63, 3.8) is 0 Å². The number of urea groups is 1. The van der Waals surface area contributed by atoms with Crippen LogP contribution in [0.1, 0.15) is 31.5 Å². The molecule has 6 heteroatoms. The zero-order valence-corrected chi connectivity index (χ0v) is 14.3. The topological polar surface area (TPSA) is 68.2 Å². The van der Waals surface area contributed by atoms with Crippen molar-refractivity contribution < 1.29 is 9.53 Å². The second kappa shape index (κ2) is 7.27. The Morgan fingerprint density at radius 2 is 2.20 bits per heavy atom. The molecule has 25 heavy (non-hydrogen) atoms. The van der Waals surface area contributed by atoms with Gasteiger partial charge in [0.2, 0.25) is 0 Å². The van der Waals surface area contributed by atoms with E-state index in [-0.39, 0.29) is 12.1 Å². The predicted octanol–water partition coefficient (Wildman–Crippen LogP) is 3.19. The largest absolute Gasteiger partial charge is 0.376 e. The van der Waals surface area contributed by atoms with Crippen LogP contribution in [-0.2, 0) is 17.7 Å². The summed E-state index contributed by atoms with van der Waals surface area (Å²) in [5.74, 6) is 1.14. The first-order chi connectivity index (χ1) is 12.3. The molecule has 6 nitrogen and oxygen atoms in total. The Morgan fingerprint density at radius 3 is 3.04 bits per heavy atom. The lowest BCUT2D eigenvalue weighted by Crippen LogP contribution is -2.35. The van der Waals surface area contributed by atoms with Crippen LogP contribution in [0.2, 0.25) is 0 Å². The van der Waals surface area contributed by atoms with Gasteiger partial charge in [-0.05, 0) is 31.7 Å². The van der Waals surface area contributed by atoms with E-state index in [1.165, 1.54) is 12.8 Å². The van der Waals surface area contributed by atoms with Crippen LogP contribution in [-0.4, -0.2) is 34.8 Å². The Balaban J connectivity index is 1.47. The maximum absolute atomic E-state index is 12.2. The van der Waals surface area contributed by atoms with E-state index in [2.05, 4.69) is 21.4 Å². The summed E-state index contributed by atoms with van der Waals surface area (Å²) < 4.78 is 7.77. The lowest BCUT2D eigenvalue weighted by molar-refractivity contribution is 0.112. The Kier molecular flexibility index (Phi) is 4.70. The smallest absolute Gasteiger partial charge is 0.319 e. The number of fused-ring (bicyclic) bond motifs is 1. The third kappa shape index (κ3) is 3.69. The average molecular weight is 340 g/mol. The van der Waals surface area contributed by atoms with Gasteiger partial charge >= 0.3 is 6.03 Å². The average Bonchev–Trinajstić information content (AvgIpc) is 3.30. The van der Waals surface area contributed by atoms with Crippen LogP contribution in [0.4, 0.5) is 10.5 Å². The van der Waals surface area contributed by atoms with E-state index in [1.807, 2.05) is 24.3 Å². The number of hydrogen-bond acceptors (Lipinski definition) is 3. The highest BCUT2D eigenvalue weighted by molar-refractivity contribution is 5.93. The molecule has 1 atom stereocenters. The SMILES string of the molecule is O=C(NCC1CCCO1)Nc1ccccc1-c1cn2c(n1)CCCC2. The molecule has 2 aliphatic rings. The Hall–Kier alpha value is -2.34. The molecule has 3 heterocycles. The summed E-state index contributed by atoms with van der Waals surface area (Å²) in [5, 5.41) is 5.86. The molecule has 2 amide bonds. The molecule has 1 aromatic heterocycles. The van der Waals surface area contributed by atoms with Crippen molar-refractivity contribution >= 4 is 11.7 Å². The van der Waals surface area contributed by atoms with E-state index in [9.17, 15) is 4.79 Å².